The maximum atomic E-state index is 12.2. The molecule has 1 aromatic heterocycles. The standard InChI is InChI=1S/C15H24N2O2/c1-10-5-7-17(8-6-10)15(18)16-12(3)14-9-11(2)19-13(14)4/h9-10,12H,5-8H2,1-4H3,(H,16,18). The van der Waals surface area contributed by atoms with E-state index in [9.17, 15) is 4.79 Å². The van der Waals surface area contributed by atoms with Gasteiger partial charge in [0.2, 0.25) is 0 Å². The zero-order valence-electron chi connectivity index (χ0n) is 12.3. The van der Waals surface area contributed by atoms with E-state index in [1.165, 1.54) is 0 Å². The minimum atomic E-state index is -0.00991. The molecule has 0 aromatic carbocycles. The summed E-state index contributed by atoms with van der Waals surface area (Å²) in [6.07, 6.45) is 2.21. The van der Waals surface area contributed by atoms with E-state index in [4.69, 9.17) is 4.42 Å². The van der Waals surface area contributed by atoms with Crippen molar-refractivity contribution in [2.24, 2.45) is 5.92 Å². The number of furan rings is 1. The molecule has 1 atom stereocenters. The molecule has 19 heavy (non-hydrogen) atoms. The first kappa shape index (κ1) is 14.0. The van der Waals surface area contributed by atoms with Gasteiger partial charge in [0.1, 0.15) is 11.5 Å². The number of carbonyl (C=O) groups excluding carboxylic acids is 1. The number of likely N-dealkylation sites (tertiary alicyclic amines) is 1. The summed E-state index contributed by atoms with van der Waals surface area (Å²) in [5.74, 6) is 2.51. The van der Waals surface area contributed by atoms with E-state index in [2.05, 4.69) is 12.2 Å². The molecule has 2 rings (SSSR count). The highest BCUT2D eigenvalue weighted by molar-refractivity contribution is 5.74. The molecule has 2 heterocycles. The summed E-state index contributed by atoms with van der Waals surface area (Å²) in [6, 6.07) is 2.03. The molecule has 1 aromatic rings. The van der Waals surface area contributed by atoms with Gasteiger partial charge in [-0.3, -0.25) is 0 Å². The van der Waals surface area contributed by atoms with Gasteiger partial charge in [-0.1, -0.05) is 6.92 Å². The molecule has 0 spiro atoms. The van der Waals surface area contributed by atoms with E-state index < -0.39 is 0 Å². The van der Waals surface area contributed by atoms with Crippen LogP contribution in [0, 0.1) is 19.8 Å². The van der Waals surface area contributed by atoms with Crippen LogP contribution in [0.3, 0.4) is 0 Å². The maximum Gasteiger partial charge on any atom is 0.317 e. The number of nitrogens with zero attached hydrogens (tertiary/aromatic N) is 1. The number of aryl methyl sites for hydroxylation is 2. The van der Waals surface area contributed by atoms with Crippen LogP contribution >= 0.6 is 0 Å². The first-order valence-electron chi connectivity index (χ1n) is 7.09. The summed E-state index contributed by atoms with van der Waals surface area (Å²) < 4.78 is 5.51. The van der Waals surface area contributed by atoms with Gasteiger partial charge < -0.3 is 14.6 Å². The number of rotatable bonds is 2. The zero-order chi connectivity index (χ0) is 14.0. The van der Waals surface area contributed by atoms with E-state index in [1.54, 1.807) is 0 Å². The Morgan fingerprint density at radius 1 is 1.42 bits per heavy atom. The fourth-order valence-electron chi connectivity index (χ4n) is 2.65. The van der Waals surface area contributed by atoms with E-state index in [1.807, 2.05) is 31.7 Å². The molecule has 1 unspecified atom stereocenters. The fraction of sp³-hybridized carbons (Fsp3) is 0.667. The second-order valence-corrected chi connectivity index (χ2v) is 5.71. The van der Waals surface area contributed by atoms with Gasteiger partial charge in [-0.2, -0.15) is 0 Å². The Labute approximate surface area is 115 Å². The van der Waals surface area contributed by atoms with Crippen molar-refractivity contribution in [2.75, 3.05) is 13.1 Å². The zero-order valence-corrected chi connectivity index (χ0v) is 12.3. The first-order valence-corrected chi connectivity index (χ1v) is 7.09. The third-order valence-electron chi connectivity index (χ3n) is 3.96. The Hall–Kier alpha value is -1.45. The number of urea groups is 1. The quantitative estimate of drug-likeness (QED) is 0.889. The minimum absolute atomic E-state index is 0.00991. The van der Waals surface area contributed by atoms with Gasteiger partial charge in [-0.25, -0.2) is 4.79 Å². The SMILES string of the molecule is Cc1cc(C(C)NC(=O)N2CCC(C)CC2)c(C)o1. The molecule has 1 fully saturated rings. The van der Waals surface area contributed by atoms with Crippen LogP contribution in [0.2, 0.25) is 0 Å². The first-order chi connectivity index (χ1) is 8.97. The molecule has 0 bridgehead atoms. The molecule has 1 saturated heterocycles. The molecule has 4 nitrogen and oxygen atoms in total. The normalized spacial score (nSPS) is 18.4. The summed E-state index contributed by atoms with van der Waals surface area (Å²) >= 11 is 0. The van der Waals surface area contributed by atoms with Crippen LogP contribution in [0.25, 0.3) is 0 Å². The van der Waals surface area contributed by atoms with Gasteiger partial charge in [-0.05, 0) is 45.6 Å². The maximum absolute atomic E-state index is 12.2. The highest BCUT2D eigenvalue weighted by Crippen LogP contribution is 2.22. The Kier molecular flexibility index (Phi) is 4.17. The molecule has 0 radical (unpaired) electrons. The Bertz CT molecular complexity index is 445. The van der Waals surface area contributed by atoms with Crippen molar-refractivity contribution in [1.82, 2.24) is 10.2 Å². The predicted octanol–water partition coefficient (Wildman–Crippen LogP) is 3.40. The number of nitrogens with one attached hydrogen (secondary N) is 1. The highest BCUT2D eigenvalue weighted by atomic mass is 16.3. The van der Waals surface area contributed by atoms with Crippen molar-refractivity contribution >= 4 is 6.03 Å². The van der Waals surface area contributed by atoms with Crippen molar-refractivity contribution in [3.8, 4) is 0 Å². The monoisotopic (exact) mass is 264 g/mol. The van der Waals surface area contributed by atoms with Crippen LogP contribution in [0.5, 0.6) is 0 Å². The number of piperidine rings is 1. The number of hydrogen-bond acceptors (Lipinski definition) is 2. The van der Waals surface area contributed by atoms with Crippen LogP contribution in [-0.4, -0.2) is 24.0 Å². The molecule has 1 aliphatic heterocycles. The van der Waals surface area contributed by atoms with Crippen LogP contribution in [-0.2, 0) is 0 Å². The summed E-state index contributed by atoms with van der Waals surface area (Å²) in [5, 5.41) is 3.06. The molecule has 0 saturated carbocycles. The summed E-state index contributed by atoms with van der Waals surface area (Å²) in [4.78, 5) is 14.1. The molecule has 1 N–H and O–H groups in total. The van der Waals surface area contributed by atoms with Gasteiger partial charge in [-0.15, -0.1) is 0 Å². The molecular formula is C15H24N2O2. The van der Waals surface area contributed by atoms with Crippen LogP contribution < -0.4 is 5.32 Å². The van der Waals surface area contributed by atoms with E-state index in [0.717, 1.165) is 48.9 Å². The lowest BCUT2D eigenvalue weighted by Crippen LogP contribution is -2.44. The van der Waals surface area contributed by atoms with Crippen molar-refractivity contribution in [2.45, 2.75) is 46.6 Å². The summed E-state index contributed by atoms with van der Waals surface area (Å²) in [7, 11) is 0. The average molecular weight is 264 g/mol. The molecule has 106 valence electrons. The van der Waals surface area contributed by atoms with Crippen molar-refractivity contribution in [1.29, 1.82) is 0 Å². The number of carbonyl (C=O) groups is 1. The minimum Gasteiger partial charge on any atom is -0.466 e. The molecule has 0 aliphatic carbocycles. The third kappa shape index (κ3) is 3.31. The lowest BCUT2D eigenvalue weighted by molar-refractivity contribution is 0.171. The van der Waals surface area contributed by atoms with Crippen molar-refractivity contribution in [3.63, 3.8) is 0 Å². The third-order valence-corrected chi connectivity index (χ3v) is 3.96. The van der Waals surface area contributed by atoms with Gasteiger partial charge in [0.05, 0.1) is 6.04 Å². The van der Waals surface area contributed by atoms with Crippen LogP contribution in [0.4, 0.5) is 4.79 Å². The summed E-state index contributed by atoms with van der Waals surface area (Å²) in [6.45, 7) is 9.84. The van der Waals surface area contributed by atoms with Gasteiger partial charge >= 0.3 is 6.03 Å². The van der Waals surface area contributed by atoms with Crippen LogP contribution in [0.15, 0.2) is 10.5 Å². The fourth-order valence-corrected chi connectivity index (χ4v) is 2.65. The molecular weight excluding hydrogens is 240 g/mol. The van der Waals surface area contributed by atoms with Crippen molar-refractivity contribution < 1.29 is 9.21 Å². The van der Waals surface area contributed by atoms with Crippen molar-refractivity contribution in [3.05, 3.63) is 23.2 Å². The van der Waals surface area contributed by atoms with E-state index >= 15 is 0 Å². The Morgan fingerprint density at radius 3 is 2.58 bits per heavy atom. The largest absolute Gasteiger partial charge is 0.466 e. The Balaban J connectivity index is 1.93. The topological polar surface area (TPSA) is 45.5 Å². The van der Waals surface area contributed by atoms with Gasteiger partial charge in [0, 0.05) is 18.7 Å². The van der Waals surface area contributed by atoms with E-state index in [-0.39, 0.29) is 12.1 Å². The van der Waals surface area contributed by atoms with Gasteiger partial charge in [0.15, 0.2) is 0 Å². The predicted molar refractivity (Wildman–Crippen MR) is 75.1 cm³/mol. The number of hydrogen-bond donors (Lipinski definition) is 1. The average Bonchev–Trinajstić information content (AvgIpc) is 2.69. The van der Waals surface area contributed by atoms with E-state index in [0.29, 0.717) is 0 Å². The second kappa shape index (κ2) is 5.68. The molecule has 1 aliphatic rings. The van der Waals surface area contributed by atoms with Crippen LogP contribution in [0.1, 0.15) is 49.8 Å². The second-order valence-electron chi connectivity index (χ2n) is 5.71. The molecule has 4 heteroatoms. The smallest absolute Gasteiger partial charge is 0.317 e. The summed E-state index contributed by atoms with van der Waals surface area (Å²) in [5.41, 5.74) is 1.07. The Morgan fingerprint density at radius 2 is 2.05 bits per heavy atom. The highest BCUT2D eigenvalue weighted by Gasteiger charge is 2.22. The van der Waals surface area contributed by atoms with Gasteiger partial charge in [0.25, 0.3) is 0 Å². The lowest BCUT2D eigenvalue weighted by Gasteiger charge is -2.31. The molecule has 2 amide bonds. The number of amides is 2. The lowest BCUT2D eigenvalue weighted by atomic mass is 9.99.